The monoisotopic (exact) mass is 246 g/mol. The summed E-state index contributed by atoms with van der Waals surface area (Å²) in [5.41, 5.74) is 5.91. The van der Waals surface area contributed by atoms with Crippen LogP contribution in [0, 0.1) is 0 Å². The van der Waals surface area contributed by atoms with Gasteiger partial charge < -0.3 is 10.3 Å². The summed E-state index contributed by atoms with van der Waals surface area (Å²) >= 11 is 0. The van der Waals surface area contributed by atoms with E-state index in [0.717, 1.165) is 0 Å². The molecular weight excluding hydrogens is 232 g/mol. The zero-order valence-corrected chi connectivity index (χ0v) is 9.82. The van der Waals surface area contributed by atoms with Gasteiger partial charge in [-0.15, -0.1) is 0 Å². The molecule has 2 N–H and O–H groups in total. The van der Waals surface area contributed by atoms with E-state index in [1.165, 1.54) is 21.4 Å². The second kappa shape index (κ2) is 5.31. The minimum Gasteiger partial charge on any atom is -0.398 e. The summed E-state index contributed by atoms with van der Waals surface area (Å²) in [6, 6.07) is 6.06. The Balaban J connectivity index is 2.01. The Morgan fingerprint density at radius 3 is 2.72 bits per heavy atom. The van der Waals surface area contributed by atoms with Crippen molar-refractivity contribution < 1.29 is 0 Å². The van der Waals surface area contributed by atoms with Crippen molar-refractivity contribution in [1.29, 1.82) is 0 Å². The van der Waals surface area contributed by atoms with Crippen LogP contribution < -0.4 is 16.9 Å². The van der Waals surface area contributed by atoms with Gasteiger partial charge in [-0.05, 0) is 18.6 Å². The van der Waals surface area contributed by atoms with Gasteiger partial charge in [-0.3, -0.25) is 9.59 Å². The van der Waals surface area contributed by atoms with Gasteiger partial charge in [0.2, 0.25) is 0 Å². The fourth-order valence-corrected chi connectivity index (χ4v) is 1.67. The molecule has 0 amide bonds. The second-order valence-corrected chi connectivity index (χ2v) is 3.93. The summed E-state index contributed by atoms with van der Waals surface area (Å²) in [5.74, 6) is 0. The summed E-state index contributed by atoms with van der Waals surface area (Å²) in [6.45, 7) is 0.980. The lowest BCUT2D eigenvalue weighted by atomic mass is 10.3. The second-order valence-electron chi connectivity index (χ2n) is 3.93. The summed E-state index contributed by atoms with van der Waals surface area (Å²) < 4.78 is 2.90. The fourth-order valence-electron chi connectivity index (χ4n) is 1.67. The SMILES string of the molecule is Nc1ccc(=O)n(CCCn2ncccc2=O)c1. The van der Waals surface area contributed by atoms with Crippen LogP contribution in [0.1, 0.15) is 6.42 Å². The van der Waals surface area contributed by atoms with E-state index in [1.54, 1.807) is 24.5 Å². The molecule has 18 heavy (non-hydrogen) atoms. The fraction of sp³-hybridized carbons (Fsp3) is 0.250. The van der Waals surface area contributed by atoms with Gasteiger partial charge in [0.25, 0.3) is 11.1 Å². The maximum atomic E-state index is 11.5. The van der Waals surface area contributed by atoms with Crippen LogP contribution >= 0.6 is 0 Å². The van der Waals surface area contributed by atoms with Crippen molar-refractivity contribution in [2.75, 3.05) is 5.73 Å². The average Bonchev–Trinajstić information content (AvgIpc) is 2.36. The highest BCUT2D eigenvalue weighted by molar-refractivity contribution is 5.33. The van der Waals surface area contributed by atoms with Crippen molar-refractivity contribution in [1.82, 2.24) is 14.3 Å². The normalized spacial score (nSPS) is 10.4. The number of rotatable bonds is 4. The number of hydrogen-bond donors (Lipinski definition) is 1. The quantitative estimate of drug-likeness (QED) is 0.828. The highest BCUT2D eigenvalue weighted by Crippen LogP contribution is 1.97. The molecule has 0 aliphatic heterocycles. The molecule has 0 unspecified atom stereocenters. The highest BCUT2D eigenvalue weighted by Gasteiger charge is 1.99. The first-order valence-electron chi connectivity index (χ1n) is 5.65. The van der Waals surface area contributed by atoms with Crippen molar-refractivity contribution in [3.63, 3.8) is 0 Å². The van der Waals surface area contributed by atoms with Crippen molar-refractivity contribution in [3.05, 3.63) is 57.4 Å². The average molecular weight is 246 g/mol. The molecule has 2 aromatic heterocycles. The summed E-state index contributed by atoms with van der Waals surface area (Å²) in [7, 11) is 0. The van der Waals surface area contributed by atoms with E-state index in [1.807, 2.05) is 0 Å². The summed E-state index contributed by atoms with van der Waals surface area (Å²) in [6.07, 6.45) is 3.80. The third-order valence-corrected chi connectivity index (χ3v) is 2.56. The highest BCUT2D eigenvalue weighted by atomic mass is 16.1. The lowest BCUT2D eigenvalue weighted by Crippen LogP contribution is -2.24. The van der Waals surface area contributed by atoms with Gasteiger partial charge in [-0.2, -0.15) is 5.10 Å². The van der Waals surface area contributed by atoms with Crippen LogP contribution in [-0.4, -0.2) is 14.3 Å². The van der Waals surface area contributed by atoms with Crippen LogP contribution in [0.2, 0.25) is 0 Å². The Kier molecular flexibility index (Phi) is 3.57. The van der Waals surface area contributed by atoms with Crippen LogP contribution in [0.3, 0.4) is 0 Å². The zero-order chi connectivity index (χ0) is 13.0. The van der Waals surface area contributed by atoms with Gasteiger partial charge in [0.1, 0.15) is 0 Å². The molecule has 0 fully saturated rings. The van der Waals surface area contributed by atoms with E-state index >= 15 is 0 Å². The number of nitrogens with two attached hydrogens (primary N) is 1. The first-order chi connectivity index (χ1) is 8.66. The Morgan fingerprint density at radius 1 is 1.11 bits per heavy atom. The largest absolute Gasteiger partial charge is 0.398 e. The van der Waals surface area contributed by atoms with Gasteiger partial charge in [-0.25, -0.2) is 4.68 Å². The molecule has 94 valence electrons. The molecule has 0 radical (unpaired) electrons. The molecule has 6 nitrogen and oxygen atoms in total. The molecule has 2 aromatic rings. The van der Waals surface area contributed by atoms with Gasteiger partial charge in [0, 0.05) is 43.3 Å². The summed E-state index contributed by atoms with van der Waals surface area (Å²) in [5, 5.41) is 3.94. The number of nitrogens with zero attached hydrogens (tertiary/aromatic N) is 3. The summed E-state index contributed by atoms with van der Waals surface area (Å²) in [4.78, 5) is 22.9. The Labute approximate surface area is 103 Å². The molecular formula is C12H14N4O2. The van der Waals surface area contributed by atoms with Crippen molar-refractivity contribution in [2.24, 2.45) is 0 Å². The maximum absolute atomic E-state index is 11.5. The predicted octanol–water partition coefficient (Wildman–Crippen LogP) is 0.0775. The molecule has 2 rings (SSSR count). The molecule has 0 spiro atoms. The van der Waals surface area contributed by atoms with E-state index in [9.17, 15) is 9.59 Å². The number of anilines is 1. The molecule has 0 aliphatic carbocycles. The molecule has 6 heteroatoms. The van der Waals surface area contributed by atoms with Gasteiger partial charge >= 0.3 is 0 Å². The first-order valence-corrected chi connectivity index (χ1v) is 5.65. The smallest absolute Gasteiger partial charge is 0.266 e. The zero-order valence-electron chi connectivity index (χ0n) is 9.82. The lowest BCUT2D eigenvalue weighted by Gasteiger charge is -2.07. The third-order valence-electron chi connectivity index (χ3n) is 2.56. The van der Waals surface area contributed by atoms with E-state index in [0.29, 0.717) is 25.2 Å². The van der Waals surface area contributed by atoms with E-state index < -0.39 is 0 Å². The Morgan fingerprint density at radius 2 is 1.94 bits per heavy atom. The van der Waals surface area contributed by atoms with Gasteiger partial charge in [0.05, 0.1) is 0 Å². The van der Waals surface area contributed by atoms with Crippen LogP contribution in [-0.2, 0) is 13.1 Å². The number of hydrogen-bond acceptors (Lipinski definition) is 4. The van der Waals surface area contributed by atoms with Crippen molar-refractivity contribution >= 4 is 5.69 Å². The van der Waals surface area contributed by atoms with Gasteiger partial charge in [-0.1, -0.05) is 0 Å². The molecule has 0 atom stereocenters. The van der Waals surface area contributed by atoms with Gasteiger partial charge in [0.15, 0.2) is 0 Å². The van der Waals surface area contributed by atoms with E-state index in [-0.39, 0.29) is 11.1 Å². The predicted molar refractivity (Wildman–Crippen MR) is 68.2 cm³/mol. The number of nitrogen functional groups attached to an aromatic ring is 1. The molecule has 0 bridgehead atoms. The lowest BCUT2D eigenvalue weighted by molar-refractivity contribution is 0.501. The van der Waals surface area contributed by atoms with Crippen LogP contribution in [0.15, 0.2) is 46.2 Å². The first kappa shape index (κ1) is 12.1. The molecule has 2 heterocycles. The minimum absolute atomic E-state index is 0.0995. The minimum atomic E-state index is -0.141. The number of aromatic nitrogens is 3. The molecule has 0 aromatic carbocycles. The third kappa shape index (κ3) is 2.85. The van der Waals surface area contributed by atoms with Crippen LogP contribution in [0.5, 0.6) is 0 Å². The van der Waals surface area contributed by atoms with E-state index in [2.05, 4.69) is 5.10 Å². The van der Waals surface area contributed by atoms with Crippen molar-refractivity contribution in [2.45, 2.75) is 19.5 Å². The molecule has 0 saturated heterocycles. The Hall–Kier alpha value is -2.37. The molecule has 0 aliphatic rings. The molecule has 0 saturated carbocycles. The Bertz CT molecular complexity index is 645. The maximum Gasteiger partial charge on any atom is 0.266 e. The van der Waals surface area contributed by atoms with Crippen LogP contribution in [0.4, 0.5) is 5.69 Å². The number of aryl methyl sites for hydroxylation is 2. The van der Waals surface area contributed by atoms with Crippen LogP contribution in [0.25, 0.3) is 0 Å². The van der Waals surface area contributed by atoms with E-state index in [4.69, 9.17) is 5.73 Å². The standard InChI is InChI=1S/C12H14N4O2/c13-10-4-5-11(17)15(9-10)7-2-8-16-12(18)3-1-6-14-16/h1,3-6,9H,2,7-8,13H2. The number of pyridine rings is 1. The van der Waals surface area contributed by atoms with Crippen molar-refractivity contribution in [3.8, 4) is 0 Å². The topological polar surface area (TPSA) is 82.9 Å².